The van der Waals surface area contributed by atoms with Crippen LogP contribution in [0.3, 0.4) is 0 Å². The minimum absolute atomic E-state index is 0.637. The minimum Gasteiger partial charge on any atom is -0.368 e. The van der Waals surface area contributed by atoms with Crippen LogP contribution in [-0.4, -0.2) is 10.1 Å². The Morgan fingerprint density at radius 1 is 1.00 bits per heavy atom. The highest BCUT2D eigenvalue weighted by Crippen LogP contribution is 2.29. The lowest BCUT2D eigenvalue weighted by Gasteiger charge is -2.16. The molecule has 3 nitrogen and oxygen atoms in total. The van der Waals surface area contributed by atoms with Crippen molar-refractivity contribution >= 4 is 17.0 Å². The normalized spacial score (nSPS) is 12.1. The van der Waals surface area contributed by atoms with Crippen LogP contribution in [0.4, 0.5) is 5.69 Å². The second-order valence-electron chi connectivity index (χ2n) is 4.37. The van der Waals surface area contributed by atoms with Gasteiger partial charge in [-0.1, -0.05) is 48.5 Å². The molecule has 0 aliphatic heterocycles. The molecule has 0 saturated carbocycles. The van der Waals surface area contributed by atoms with Crippen molar-refractivity contribution in [1.82, 2.24) is 4.98 Å². The molecule has 0 aliphatic rings. The standard InChI is InChI=1S/C16H14N2OS/c19-16(15-10-20-11-17-15)18-14-9-5-4-8-13(14)12-6-2-1-3-7-12/h1-11,16,18-19H. The Kier molecular flexibility index (Phi) is 3.76. The Morgan fingerprint density at radius 2 is 1.75 bits per heavy atom. The van der Waals surface area contributed by atoms with Gasteiger partial charge >= 0.3 is 0 Å². The number of rotatable bonds is 4. The fraction of sp³-hybridized carbons (Fsp3) is 0.0625. The van der Waals surface area contributed by atoms with Crippen LogP contribution in [0.25, 0.3) is 11.1 Å². The van der Waals surface area contributed by atoms with Crippen molar-refractivity contribution in [2.45, 2.75) is 6.23 Å². The van der Waals surface area contributed by atoms with Crippen molar-refractivity contribution in [3.8, 4) is 11.1 Å². The SMILES string of the molecule is OC(Nc1ccccc1-c1ccccc1)c1cscn1. The van der Waals surface area contributed by atoms with Crippen LogP contribution in [0.5, 0.6) is 0 Å². The number of benzene rings is 2. The summed E-state index contributed by atoms with van der Waals surface area (Å²) in [5.41, 5.74) is 5.41. The molecular formula is C16H14N2OS. The molecule has 4 heteroatoms. The van der Waals surface area contributed by atoms with Gasteiger partial charge in [0.05, 0.1) is 5.51 Å². The van der Waals surface area contributed by atoms with Crippen LogP contribution < -0.4 is 5.32 Å². The molecule has 0 amide bonds. The zero-order valence-electron chi connectivity index (χ0n) is 10.7. The van der Waals surface area contributed by atoms with Crippen molar-refractivity contribution in [1.29, 1.82) is 0 Å². The number of para-hydroxylation sites is 1. The van der Waals surface area contributed by atoms with Gasteiger partial charge in [-0.2, -0.15) is 0 Å². The van der Waals surface area contributed by atoms with Gasteiger partial charge in [-0.3, -0.25) is 0 Å². The molecule has 0 fully saturated rings. The number of anilines is 1. The van der Waals surface area contributed by atoms with Crippen molar-refractivity contribution in [3.63, 3.8) is 0 Å². The summed E-state index contributed by atoms with van der Waals surface area (Å²) in [5.74, 6) is 0. The van der Waals surface area contributed by atoms with Crippen molar-refractivity contribution < 1.29 is 5.11 Å². The summed E-state index contributed by atoms with van der Waals surface area (Å²) in [6.45, 7) is 0. The van der Waals surface area contributed by atoms with E-state index in [4.69, 9.17) is 0 Å². The number of aromatic nitrogens is 1. The van der Waals surface area contributed by atoms with E-state index in [0.717, 1.165) is 16.8 Å². The largest absolute Gasteiger partial charge is 0.368 e. The molecule has 100 valence electrons. The Morgan fingerprint density at radius 3 is 2.50 bits per heavy atom. The number of aliphatic hydroxyl groups excluding tert-OH is 1. The molecular weight excluding hydrogens is 268 g/mol. The molecule has 2 aromatic carbocycles. The molecule has 0 aliphatic carbocycles. The predicted octanol–water partition coefficient (Wildman–Crippen LogP) is 3.91. The lowest BCUT2D eigenvalue weighted by atomic mass is 10.0. The first-order valence-electron chi connectivity index (χ1n) is 6.32. The number of hydrogen-bond acceptors (Lipinski definition) is 4. The van der Waals surface area contributed by atoms with Gasteiger partial charge in [-0.15, -0.1) is 11.3 Å². The molecule has 3 aromatic rings. The first-order chi connectivity index (χ1) is 9.84. The lowest BCUT2D eigenvalue weighted by Crippen LogP contribution is -2.10. The monoisotopic (exact) mass is 282 g/mol. The maximum atomic E-state index is 10.2. The average Bonchev–Trinajstić information content (AvgIpc) is 3.03. The van der Waals surface area contributed by atoms with Crippen LogP contribution in [0, 0.1) is 0 Å². The fourth-order valence-corrected chi connectivity index (χ4v) is 2.63. The van der Waals surface area contributed by atoms with Crippen LogP contribution >= 0.6 is 11.3 Å². The summed E-state index contributed by atoms with van der Waals surface area (Å²) in [7, 11) is 0. The van der Waals surface area contributed by atoms with E-state index < -0.39 is 6.23 Å². The third-order valence-corrected chi connectivity index (χ3v) is 3.64. The quantitative estimate of drug-likeness (QED) is 0.713. The molecule has 0 spiro atoms. The zero-order chi connectivity index (χ0) is 13.8. The summed E-state index contributed by atoms with van der Waals surface area (Å²) in [6.07, 6.45) is -0.800. The molecule has 1 unspecified atom stereocenters. The summed E-state index contributed by atoms with van der Waals surface area (Å²) >= 11 is 1.47. The van der Waals surface area contributed by atoms with E-state index >= 15 is 0 Å². The molecule has 3 rings (SSSR count). The molecule has 1 atom stereocenters. The van der Waals surface area contributed by atoms with Gasteiger partial charge < -0.3 is 10.4 Å². The van der Waals surface area contributed by atoms with Crippen molar-refractivity contribution in [2.75, 3.05) is 5.32 Å². The highest BCUT2D eigenvalue weighted by Gasteiger charge is 2.11. The number of nitrogens with zero attached hydrogens (tertiary/aromatic N) is 1. The van der Waals surface area contributed by atoms with Crippen LogP contribution in [0.15, 0.2) is 65.5 Å². The maximum Gasteiger partial charge on any atom is 0.168 e. The van der Waals surface area contributed by atoms with Crippen LogP contribution in [-0.2, 0) is 0 Å². The van der Waals surface area contributed by atoms with Gasteiger partial charge in [0, 0.05) is 16.6 Å². The Labute approximate surface area is 121 Å². The van der Waals surface area contributed by atoms with Crippen LogP contribution in [0.1, 0.15) is 11.9 Å². The summed E-state index contributed by atoms with van der Waals surface area (Å²) < 4.78 is 0. The van der Waals surface area contributed by atoms with Gasteiger partial charge in [-0.05, 0) is 11.6 Å². The van der Waals surface area contributed by atoms with E-state index in [2.05, 4.69) is 22.4 Å². The molecule has 0 bridgehead atoms. The van der Waals surface area contributed by atoms with Gasteiger partial charge in [0.15, 0.2) is 6.23 Å². The third kappa shape index (κ3) is 2.71. The predicted molar refractivity (Wildman–Crippen MR) is 82.6 cm³/mol. The summed E-state index contributed by atoms with van der Waals surface area (Å²) in [4.78, 5) is 4.12. The van der Waals surface area contributed by atoms with E-state index in [1.165, 1.54) is 11.3 Å². The molecule has 0 radical (unpaired) electrons. The molecule has 1 aromatic heterocycles. The van der Waals surface area contributed by atoms with E-state index in [-0.39, 0.29) is 0 Å². The molecule has 0 saturated heterocycles. The zero-order valence-corrected chi connectivity index (χ0v) is 11.5. The van der Waals surface area contributed by atoms with Gasteiger partial charge in [0.2, 0.25) is 0 Å². The van der Waals surface area contributed by atoms with Gasteiger partial charge in [0.1, 0.15) is 5.69 Å². The highest BCUT2D eigenvalue weighted by molar-refractivity contribution is 7.07. The van der Waals surface area contributed by atoms with E-state index in [1.54, 1.807) is 5.51 Å². The Balaban J connectivity index is 1.91. The van der Waals surface area contributed by atoms with E-state index in [0.29, 0.717) is 5.69 Å². The molecule has 2 N–H and O–H groups in total. The Hall–Kier alpha value is -2.17. The highest BCUT2D eigenvalue weighted by atomic mass is 32.1. The molecule has 1 heterocycles. The van der Waals surface area contributed by atoms with Gasteiger partial charge in [-0.25, -0.2) is 4.98 Å². The summed E-state index contributed by atoms with van der Waals surface area (Å²) in [5, 5.41) is 15.1. The lowest BCUT2D eigenvalue weighted by molar-refractivity contribution is 0.204. The first-order valence-corrected chi connectivity index (χ1v) is 7.26. The smallest absolute Gasteiger partial charge is 0.168 e. The number of thiazole rings is 1. The molecule has 20 heavy (non-hydrogen) atoms. The minimum atomic E-state index is -0.800. The number of aliphatic hydroxyl groups is 1. The van der Waals surface area contributed by atoms with E-state index in [9.17, 15) is 5.11 Å². The average molecular weight is 282 g/mol. The fourth-order valence-electron chi connectivity index (χ4n) is 2.06. The first kappa shape index (κ1) is 12.8. The number of hydrogen-bond donors (Lipinski definition) is 2. The summed E-state index contributed by atoms with van der Waals surface area (Å²) in [6, 6.07) is 18.0. The van der Waals surface area contributed by atoms with Gasteiger partial charge in [0.25, 0.3) is 0 Å². The van der Waals surface area contributed by atoms with Crippen molar-refractivity contribution in [3.05, 3.63) is 71.2 Å². The third-order valence-electron chi connectivity index (χ3n) is 3.04. The van der Waals surface area contributed by atoms with E-state index in [1.807, 2.05) is 47.8 Å². The topological polar surface area (TPSA) is 45.1 Å². The second kappa shape index (κ2) is 5.86. The maximum absolute atomic E-state index is 10.2. The number of nitrogens with one attached hydrogen (secondary N) is 1. The Bertz CT molecular complexity index is 668. The second-order valence-corrected chi connectivity index (χ2v) is 5.09. The van der Waals surface area contributed by atoms with Crippen molar-refractivity contribution in [2.24, 2.45) is 0 Å². The van der Waals surface area contributed by atoms with Crippen LogP contribution in [0.2, 0.25) is 0 Å².